The molecule has 0 atom stereocenters. The summed E-state index contributed by atoms with van der Waals surface area (Å²) in [6, 6.07) is 12.8. The third-order valence-corrected chi connectivity index (χ3v) is 4.08. The van der Waals surface area contributed by atoms with Gasteiger partial charge in [0.2, 0.25) is 5.69 Å². The summed E-state index contributed by atoms with van der Waals surface area (Å²) in [6.45, 7) is 11.6. The predicted molar refractivity (Wildman–Crippen MR) is 102 cm³/mol. The van der Waals surface area contributed by atoms with Crippen LogP contribution in [0.5, 0.6) is 0 Å². The topological polar surface area (TPSA) is 55.6 Å². The Balaban J connectivity index is 2.46. The van der Waals surface area contributed by atoms with Crippen molar-refractivity contribution in [3.8, 4) is 11.1 Å². The summed E-state index contributed by atoms with van der Waals surface area (Å²) >= 11 is 0. The average molecular weight is 340 g/mol. The quantitative estimate of drug-likeness (QED) is 0.249. The number of hydrogen-bond donors (Lipinski definition) is 0. The minimum atomic E-state index is -0.406. The highest BCUT2D eigenvalue weighted by atomic mass is 16.5. The van der Waals surface area contributed by atoms with Crippen LogP contribution in [0.4, 0.5) is 11.4 Å². The van der Waals surface area contributed by atoms with Crippen molar-refractivity contribution in [2.75, 3.05) is 24.6 Å². The molecule has 0 amide bonds. The second-order valence-electron chi connectivity index (χ2n) is 5.55. The maximum atomic E-state index is 12.0. The van der Waals surface area contributed by atoms with Gasteiger partial charge in [0.05, 0.1) is 17.7 Å². The molecule has 0 N–H and O–H groups in total. The number of nitrogens with zero attached hydrogens (tertiary/aromatic N) is 2. The molecule has 2 aromatic rings. The van der Waals surface area contributed by atoms with E-state index >= 15 is 0 Å². The molecule has 0 aliphatic rings. The van der Waals surface area contributed by atoms with Crippen LogP contribution in [0.15, 0.2) is 42.5 Å². The van der Waals surface area contributed by atoms with Gasteiger partial charge in [0.15, 0.2) is 0 Å². The van der Waals surface area contributed by atoms with E-state index in [0.29, 0.717) is 28.2 Å². The molecule has 0 unspecified atom stereocenters. The Morgan fingerprint density at radius 1 is 1.12 bits per heavy atom. The third kappa shape index (κ3) is 4.18. The van der Waals surface area contributed by atoms with Crippen molar-refractivity contribution in [1.29, 1.82) is 0 Å². The first-order chi connectivity index (χ1) is 12.0. The molecule has 0 saturated carbocycles. The summed E-state index contributed by atoms with van der Waals surface area (Å²) < 4.78 is 5.60. The van der Waals surface area contributed by atoms with Crippen molar-refractivity contribution in [1.82, 2.24) is 0 Å². The summed E-state index contributed by atoms with van der Waals surface area (Å²) in [7, 11) is 0. The molecule has 0 saturated heterocycles. The molecule has 0 fully saturated rings. The number of rotatable bonds is 7. The standard InChI is InChI=1S/C20H24N2O3/c1-5-22(6-2)17-11-8-15(9-12-17)18-14-16(20(23)25-7-3)10-13-19(18)21(4)24/h8-14H,4-7H2,1-3H3. The predicted octanol–water partition coefficient (Wildman–Crippen LogP) is 4.22. The number of ether oxygens (including phenoxy) is 1. The van der Waals surface area contributed by atoms with Gasteiger partial charge in [-0.15, -0.1) is 0 Å². The normalized spacial score (nSPS) is 10.4. The molecular formula is C20H24N2O3. The van der Waals surface area contributed by atoms with E-state index in [9.17, 15) is 10.0 Å². The summed E-state index contributed by atoms with van der Waals surface area (Å²) in [5.41, 5.74) is 3.44. The highest BCUT2D eigenvalue weighted by Gasteiger charge is 2.16. The Morgan fingerprint density at radius 2 is 1.76 bits per heavy atom. The van der Waals surface area contributed by atoms with E-state index < -0.39 is 5.97 Å². The Kier molecular flexibility index (Phi) is 6.17. The van der Waals surface area contributed by atoms with Gasteiger partial charge in [0.25, 0.3) is 0 Å². The molecule has 0 bridgehead atoms. The van der Waals surface area contributed by atoms with Gasteiger partial charge in [0, 0.05) is 24.8 Å². The van der Waals surface area contributed by atoms with E-state index in [1.807, 2.05) is 24.3 Å². The maximum Gasteiger partial charge on any atom is 0.338 e. The van der Waals surface area contributed by atoms with Crippen LogP contribution < -0.4 is 4.90 Å². The lowest BCUT2D eigenvalue weighted by Gasteiger charge is -2.21. The molecule has 0 aromatic heterocycles. The molecule has 5 nitrogen and oxygen atoms in total. The zero-order valence-corrected chi connectivity index (χ0v) is 15.0. The number of carbonyl (C=O) groups is 1. The zero-order chi connectivity index (χ0) is 18.4. The largest absolute Gasteiger partial charge is 0.619 e. The van der Waals surface area contributed by atoms with E-state index in [1.54, 1.807) is 25.1 Å². The fourth-order valence-electron chi connectivity index (χ4n) is 2.77. The summed E-state index contributed by atoms with van der Waals surface area (Å²) in [4.78, 5) is 14.2. The molecule has 0 aliphatic heterocycles. The van der Waals surface area contributed by atoms with Crippen LogP contribution in [0.2, 0.25) is 0 Å². The molecule has 2 rings (SSSR count). The molecular weight excluding hydrogens is 316 g/mol. The number of hydrogen-bond acceptors (Lipinski definition) is 4. The number of carbonyl (C=O) groups excluding carboxylic acids is 1. The summed E-state index contributed by atoms with van der Waals surface area (Å²) in [5, 5.41) is 11.8. The van der Waals surface area contributed by atoms with E-state index in [1.165, 1.54) is 0 Å². The van der Waals surface area contributed by atoms with E-state index in [4.69, 9.17) is 4.74 Å². The Hall–Kier alpha value is -2.82. The van der Waals surface area contributed by atoms with E-state index in [2.05, 4.69) is 25.5 Å². The van der Waals surface area contributed by atoms with Crippen molar-refractivity contribution in [3.05, 3.63) is 53.2 Å². The fourth-order valence-corrected chi connectivity index (χ4v) is 2.77. The Bertz CT molecular complexity index is 750. The third-order valence-electron chi connectivity index (χ3n) is 4.08. The number of esters is 1. The molecule has 5 heteroatoms. The Labute approximate surface area is 148 Å². The first kappa shape index (κ1) is 18.5. The lowest BCUT2D eigenvalue weighted by atomic mass is 10.0. The maximum absolute atomic E-state index is 12.0. The van der Waals surface area contributed by atoms with Crippen molar-refractivity contribution < 1.29 is 14.3 Å². The zero-order valence-electron chi connectivity index (χ0n) is 15.0. The van der Waals surface area contributed by atoms with Crippen LogP contribution in [0.3, 0.4) is 0 Å². The summed E-state index contributed by atoms with van der Waals surface area (Å²) in [5.74, 6) is -0.406. The smallest absolute Gasteiger partial charge is 0.338 e. The van der Waals surface area contributed by atoms with Gasteiger partial charge in [-0.25, -0.2) is 4.79 Å². The van der Waals surface area contributed by atoms with Crippen LogP contribution in [0, 0.1) is 5.21 Å². The number of benzene rings is 2. The Morgan fingerprint density at radius 3 is 2.28 bits per heavy atom. The molecule has 2 aromatic carbocycles. The van der Waals surface area contributed by atoms with Crippen LogP contribution in [0.1, 0.15) is 31.1 Å². The van der Waals surface area contributed by atoms with E-state index in [-0.39, 0.29) is 0 Å². The van der Waals surface area contributed by atoms with Crippen molar-refractivity contribution in [2.24, 2.45) is 0 Å². The lowest BCUT2D eigenvalue weighted by molar-refractivity contribution is -0.349. The van der Waals surface area contributed by atoms with Crippen molar-refractivity contribution >= 4 is 24.1 Å². The van der Waals surface area contributed by atoms with Gasteiger partial charge in [-0.3, -0.25) is 0 Å². The second kappa shape index (κ2) is 8.33. The van der Waals surface area contributed by atoms with Gasteiger partial charge in [-0.2, -0.15) is 4.74 Å². The minimum absolute atomic E-state index is 0.303. The molecule has 132 valence electrons. The fraction of sp³-hybridized carbons (Fsp3) is 0.300. The van der Waals surface area contributed by atoms with E-state index in [0.717, 1.165) is 24.3 Å². The lowest BCUT2D eigenvalue weighted by Crippen LogP contribution is -2.21. The van der Waals surface area contributed by atoms with Crippen LogP contribution in [-0.2, 0) is 4.74 Å². The van der Waals surface area contributed by atoms with Gasteiger partial charge in [-0.1, -0.05) is 12.1 Å². The molecule has 0 radical (unpaired) electrons. The van der Waals surface area contributed by atoms with Crippen LogP contribution >= 0.6 is 0 Å². The SMILES string of the molecule is C=[N+]([O-])c1ccc(C(=O)OCC)cc1-c1ccc(N(CC)CC)cc1. The first-order valence-corrected chi connectivity index (χ1v) is 8.46. The van der Waals surface area contributed by atoms with Crippen LogP contribution in [-0.4, -0.2) is 37.1 Å². The summed E-state index contributed by atoms with van der Waals surface area (Å²) in [6.07, 6.45) is 0. The van der Waals surface area contributed by atoms with Gasteiger partial charge < -0.3 is 14.8 Å². The average Bonchev–Trinajstić information content (AvgIpc) is 2.63. The molecule has 0 spiro atoms. The van der Waals surface area contributed by atoms with Crippen LogP contribution in [0.25, 0.3) is 11.1 Å². The van der Waals surface area contributed by atoms with Crippen molar-refractivity contribution in [3.63, 3.8) is 0 Å². The first-order valence-electron chi connectivity index (χ1n) is 8.46. The minimum Gasteiger partial charge on any atom is -0.619 e. The number of anilines is 1. The second-order valence-corrected chi connectivity index (χ2v) is 5.55. The van der Waals surface area contributed by atoms with Gasteiger partial charge >= 0.3 is 5.97 Å². The highest BCUT2D eigenvalue weighted by Crippen LogP contribution is 2.32. The van der Waals surface area contributed by atoms with Crippen molar-refractivity contribution in [2.45, 2.75) is 20.8 Å². The van der Waals surface area contributed by atoms with Gasteiger partial charge in [0.1, 0.15) is 6.72 Å². The monoisotopic (exact) mass is 340 g/mol. The highest BCUT2D eigenvalue weighted by molar-refractivity contribution is 5.92. The molecule has 0 heterocycles. The molecule has 25 heavy (non-hydrogen) atoms. The van der Waals surface area contributed by atoms with Gasteiger partial charge in [-0.05, 0) is 50.6 Å². The molecule has 0 aliphatic carbocycles.